The summed E-state index contributed by atoms with van der Waals surface area (Å²) >= 11 is 12.6. The maximum Gasteiger partial charge on any atom is 0.227 e. The third kappa shape index (κ3) is 3.36. The van der Waals surface area contributed by atoms with Crippen LogP contribution in [0.4, 0.5) is 5.69 Å². The fourth-order valence-electron chi connectivity index (χ4n) is 4.19. The summed E-state index contributed by atoms with van der Waals surface area (Å²) in [6.07, 6.45) is 1.21. The van der Waals surface area contributed by atoms with Gasteiger partial charge in [-0.2, -0.15) is 0 Å². The van der Waals surface area contributed by atoms with Crippen molar-refractivity contribution in [3.63, 3.8) is 0 Å². The zero-order valence-electron chi connectivity index (χ0n) is 16.0. The number of hydrogen-bond acceptors (Lipinski definition) is 3. The molecule has 3 aromatic rings. The first-order valence-electron chi connectivity index (χ1n) is 9.73. The number of nitrogens with zero attached hydrogens (tertiary/aromatic N) is 3. The number of carbonyl (C=O) groups is 1. The van der Waals surface area contributed by atoms with Crippen molar-refractivity contribution in [2.45, 2.75) is 29.6 Å². The fourth-order valence-corrected chi connectivity index (χ4v) is 4.70. The second kappa shape index (κ2) is 6.92. The molecule has 0 bridgehead atoms. The number of benzene rings is 2. The van der Waals surface area contributed by atoms with Gasteiger partial charge in [-0.3, -0.25) is 4.79 Å². The summed E-state index contributed by atoms with van der Waals surface area (Å²) in [6.45, 7) is 1.31. The highest BCUT2D eigenvalue weighted by atomic mass is 35.5. The number of halogens is 2. The SMILES string of the molecule is COc1cccc(N2C[C@H](c3nc4ccccc4n3C[C@@H]3CC3(Cl)Cl)CC2=O)c1. The summed E-state index contributed by atoms with van der Waals surface area (Å²) < 4.78 is 6.87. The van der Waals surface area contributed by atoms with Crippen molar-refractivity contribution in [1.82, 2.24) is 9.55 Å². The minimum Gasteiger partial charge on any atom is -0.497 e. The van der Waals surface area contributed by atoms with Gasteiger partial charge in [-0.15, -0.1) is 23.2 Å². The van der Waals surface area contributed by atoms with Gasteiger partial charge in [0.2, 0.25) is 5.91 Å². The maximum absolute atomic E-state index is 12.8. The van der Waals surface area contributed by atoms with Crippen molar-refractivity contribution < 1.29 is 9.53 Å². The summed E-state index contributed by atoms with van der Waals surface area (Å²) in [5.74, 6) is 1.98. The van der Waals surface area contributed by atoms with Crippen LogP contribution < -0.4 is 9.64 Å². The minimum atomic E-state index is -0.652. The number of amides is 1. The van der Waals surface area contributed by atoms with E-state index in [-0.39, 0.29) is 17.7 Å². The van der Waals surface area contributed by atoms with Gasteiger partial charge in [-0.1, -0.05) is 18.2 Å². The predicted molar refractivity (Wildman–Crippen MR) is 115 cm³/mol. The van der Waals surface area contributed by atoms with Crippen LogP contribution in [-0.4, -0.2) is 33.4 Å². The van der Waals surface area contributed by atoms with Crippen LogP contribution in [0.15, 0.2) is 48.5 Å². The highest BCUT2D eigenvalue weighted by molar-refractivity contribution is 6.50. The lowest BCUT2D eigenvalue weighted by molar-refractivity contribution is -0.117. The van der Waals surface area contributed by atoms with E-state index in [1.165, 1.54) is 0 Å². The van der Waals surface area contributed by atoms with E-state index in [9.17, 15) is 4.79 Å². The number of hydrogen-bond donors (Lipinski definition) is 0. The van der Waals surface area contributed by atoms with Crippen LogP contribution in [0.5, 0.6) is 5.75 Å². The second-order valence-electron chi connectivity index (χ2n) is 7.84. The fraction of sp³-hybridized carbons (Fsp3) is 0.364. The molecule has 2 aliphatic rings. The maximum atomic E-state index is 12.8. The number of ether oxygens (including phenoxy) is 1. The number of methoxy groups -OCH3 is 1. The molecule has 1 aliphatic carbocycles. The largest absolute Gasteiger partial charge is 0.497 e. The lowest BCUT2D eigenvalue weighted by Crippen LogP contribution is -2.24. The molecule has 150 valence electrons. The number of para-hydroxylation sites is 2. The number of fused-ring (bicyclic) bond motifs is 1. The van der Waals surface area contributed by atoms with Crippen LogP contribution in [0.1, 0.15) is 24.6 Å². The van der Waals surface area contributed by atoms with Gasteiger partial charge in [-0.05, 0) is 30.7 Å². The lowest BCUT2D eigenvalue weighted by Gasteiger charge is -2.18. The Kier molecular flexibility index (Phi) is 4.48. The van der Waals surface area contributed by atoms with E-state index >= 15 is 0 Å². The molecule has 0 N–H and O–H groups in total. The van der Waals surface area contributed by atoms with Gasteiger partial charge in [0.25, 0.3) is 0 Å². The van der Waals surface area contributed by atoms with Crippen LogP contribution in [0.3, 0.4) is 0 Å². The molecule has 1 saturated carbocycles. The number of carbonyl (C=O) groups excluding carboxylic acids is 1. The number of aromatic nitrogens is 2. The number of imidazole rings is 1. The number of rotatable bonds is 5. The van der Waals surface area contributed by atoms with Crippen molar-refractivity contribution in [2.24, 2.45) is 5.92 Å². The van der Waals surface area contributed by atoms with E-state index in [1.54, 1.807) is 7.11 Å². The molecular formula is C22H21Cl2N3O2. The molecule has 1 amide bonds. The van der Waals surface area contributed by atoms with E-state index < -0.39 is 4.33 Å². The van der Waals surface area contributed by atoms with Crippen molar-refractivity contribution in [2.75, 3.05) is 18.6 Å². The molecule has 2 fully saturated rings. The van der Waals surface area contributed by atoms with Gasteiger partial charge in [0.05, 0.1) is 18.1 Å². The predicted octanol–water partition coefficient (Wildman–Crippen LogP) is 4.76. The molecule has 5 nitrogen and oxygen atoms in total. The van der Waals surface area contributed by atoms with Gasteiger partial charge >= 0.3 is 0 Å². The lowest BCUT2D eigenvalue weighted by atomic mass is 10.1. The van der Waals surface area contributed by atoms with Gasteiger partial charge in [0.15, 0.2) is 0 Å². The number of anilines is 1. The second-order valence-corrected chi connectivity index (χ2v) is 9.38. The van der Waals surface area contributed by atoms with Crippen molar-refractivity contribution in [3.05, 3.63) is 54.4 Å². The summed E-state index contributed by atoms with van der Waals surface area (Å²) in [5.41, 5.74) is 2.85. The Morgan fingerprint density at radius 1 is 1.21 bits per heavy atom. The van der Waals surface area contributed by atoms with E-state index in [0.717, 1.165) is 34.7 Å². The van der Waals surface area contributed by atoms with Crippen molar-refractivity contribution in [1.29, 1.82) is 0 Å². The van der Waals surface area contributed by atoms with Crippen LogP contribution in [0.25, 0.3) is 11.0 Å². The standard InChI is InChI=1S/C22H21Cl2N3O2/c1-29-17-6-4-5-16(10-17)26-12-14(9-20(26)28)21-25-18-7-2-3-8-19(18)27(21)13-15-11-22(15,23)24/h2-8,10,14-15H,9,11-13H2,1H3/t14-,15+/m1/s1. The molecule has 5 rings (SSSR count). The zero-order chi connectivity index (χ0) is 20.2. The molecule has 0 unspecified atom stereocenters. The molecule has 0 radical (unpaired) electrons. The Morgan fingerprint density at radius 3 is 2.76 bits per heavy atom. The molecule has 2 heterocycles. The van der Waals surface area contributed by atoms with Crippen molar-refractivity contribution in [3.8, 4) is 5.75 Å². The zero-order valence-corrected chi connectivity index (χ0v) is 17.5. The first-order chi connectivity index (χ1) is 14.0. The molecule has 1 aliphatic heterocycles. The van der Waals surface area contributed by atoms with Crippen LogP contribution in [0.2, 0.25) is 0 Å². The first-order valence-corrected chi connectivity index (χ1v) is 10.5. The third-order valence-corrected chi connectivity index (χ3v) is 6.82. The molecule has 2 atom stereocenters. The monoisotopic (exact) mass is 429 g/mol. The average Bonchev–Trinajstić information content (AvgIpc) is 3.04. The average molecular weight is 430 g/mol. The van der Waals surface area contributed by atoms with Gasteiger partial charge in [0, 0.05) is 43.1 Å². The molecule has 1 aromatic heterocycles. The summed E-state index contributed by atoms with van der Waals surface area (Å²) in [5, 5.41) is 0. The van der Waals surface area contributed by atoms with E-state index in [0.29, 0.717) is 19.5 Å². The summed E-state index contributed by atoms with van der Waals surface area (Å²) in [7, 11) is 1.63. The smallest absolute Gasteiger partial charge is 0.227 e. The van der Waals surface area contributed by atoms with Crippen LogP contribution >= 0.6 is 23.2 Å². The molecule has 7 heteroatoms. The molecule has 2 aromatic carbocycles. The molecule has 29 heavy (non-hydrogen) atoms. The van der Waals surface area contributed by atoms with Crippen molar-refractivity contribution >= 4 is 45.8 Å². The van der Waals surface area contributed by atoms with Crippen LogP contribution in [-0.2, 0) is 11.3 Å². The van der Waals surface area contributed by atoms with Gasteiger partial charge in [0.1, 0.15) is 15.9 Å². The van der Waals surface area contributed by atoms with E-state index in [2.05, 4.69) is 10.6 Å². The Labute approximate surface area is 179 Å². The Morgan fingerprint density at radius 2 is 2.00 bits per heavy atom. The van der Waals surface area contributed by atoms with E-state index in [4.69, 9.17) is 32.9 Å². The summed E-state index contributed by atoms with van der Waals surface area (Å²) in [6, 6.07) is 15.7. The minimum absolute atomic E-state index is 0.0138. The summed E-state index contributed by atoms with van der Waals surface area (Å²) in [4.78, 5) is 19.5. The molecular weight excluding hydrogens is 409 g/mol. The normalized spacial score (nSPS) is 23.0. The van der Waals surface area contributed by atoms with Gasteiger partial charge in [-0.25, -0.2) is 4.98 Å². The number of alkyl halides is 2. The Hall–Kier alpha value is -2.24. The quantitative estimate of drug-likeness (QED) is 0.549. The first kappa shape index (κ1) is 18.8. The highest BCUT2D eigenvalue weighted by Crippen LogP contribution is 2.54. The third-order valence-electron chi connectivity index (χ3n) is 5.90. The van der Waals surface area contributed by atoms with Crippen LogP contribution in [0, 0.1) is 5.92 Å². The Bertz CT molecular complexity index is 1090. The van der Waals surface area contributed by atoms with E-state index in [1.807, 2.05) is 47.4 Å². The molecule has 0 spiro atoms. The Balaban J connectivity index is 1.48. The highest BCUT2D eigenvalue weighted by Gasteiger charge is 2.52. The molecule has 1 saturated heterocycles. The topological polar surface area (TPSA) is 47.4 Å². The van der Waals surface area contributed by atoms with Gasteiger partial charge < -0.3 is 14.2 Å².